The summed E-state index contributed by atoms with van der Waals surface area (Å²) >= 11 is 0. The van der Waals surface area contributed by atoms with Crippen LogP contribution < -0.4 is 5.48 Å². The zero-order valence-electron chi connectivity index (χ0n) is 18.4. The molecule has 1 atom stereocenters. The molecule has 2 aliphatic carbocycles. The maximum absolute atomic E-state index is 12.9. The molecular formula is C24H39NO4. The van der Waals surface area contributed by atoms with Crippen LogP contribution in [0.4, 0.5) is 0 Å². The minimum absolute atomic E-state index is 0.246. The molecule has 2 aliphatic rings. The standard InChI is InChI=1S/C24H39NO4/c1-3-8-23(25-29-4-2)22-16-15-19(17-24(22)28)18-9-5-11-20(26)13-7-14-21(27)12-6-10-18/h18-19,25H,3-17H2,1-2H3. The van der Waals surface area contributed by atoms with Gasteiger partial charge in [-0.15, -0.1) is 0 Å². The third-order valence-electron chi connectivity index (χ3n) is 6.39. The lowest BCUT2D eigenvalue weighted by Gasteiger charge is -2.32. The Morgan fingerprint density at radius 2 is 1.48 bits per heavy atom. The fourth-order valence-corrected chi connectivity index (χ4v) is 4.80. The van der Waals surface area contributed by atoms with Gasteiger partial charge in [-0.25, -0.2) is 0 Å². The average Bonchev–Trinajstić information content (AvgIpc) is 2.69. The summed E-state index contributed by atoms with van der Waals surface area (Å²) in [5.41, 5.74) is 4.87. The quantitative estimate of drug-likeness (QED) is 0.484. The van der Waals surface area contributed by atoms with E-state index in [1.807, 2.05) is 6.92 Å². The zero-order chi connectivity index (χ0) is 21.1. The van der Waals surface area contributed by atoms with Crippen LogP contribution in [0, 0.1) is 11.8 Å². The van der Waals surface area contributed by atoms with E-state index in [0.29, 0.717) is 57.0 Å². The van der Waals surface area contributed by atoms with E-state index in [0.717, 1.165) is 62.6 Å². The molecule has 5 nitrogen and oxygen atoms in total. The molecule has 1 unspecified atom stereocenters. The molecule has 0 spiro atoms. The lowest BCUT2D eigenvalue weighted by Crippen LogP contribution is -2.28. The van der Waals surface area contributed by atoms with Crippen molar-refractivity contribution in [3.63, 3.8) is 0 Å². The molecule has 164 valence electrons. The summed E-state index contributed by atoms with van der Waals surface area (Å²) in [5, 5.41) is 0. The molecule has 0 aromatic carbocycles. The molecule has 0 radical (unpaired) electrons. The number of carbonyl (C=O) groups excluding carboxylic acids is 3. The van der Waals surface area contributed by atoms with Gasteiger partial charge >= 0.3 is 0 Å². The van der Waals surface area contributed by atoms with Gasteiger partial charge in [-0.2, -0.15) is 0 Å². The van der Waals surface area contributed by atoms with E-state index in [4.69, 9.17) is 4.84 Å². The molecule has 2 fully saturated rings. The summed E-state index contributed by atoms with van der Waals surface area (Å²) in [7, 11) is 0. The highest BCUT2D eigenvalue weighted by Gasteiger charge is 2.31. The molecule has 2 rings (SSSR count). The Hall–Kier alpha value is -1.49. The van der Waals surface area contributed by atoms with Gasteiger partial charge in [0.05, 0.1) is 6.61 Å². The van der Waals surface area contributed by atoms with Crippen molar-refractivity contribution in [2.75, 3.05) is 6.61 Å². The molecule has 0 saturated heterocycles. The molecule has 0 aromatic heterocycles. The van der Waals surface area contributed by atoms with Crippen LogP contribution in [-0.2, 0) is 19.2 Å². The van der Waals surface area contributed by atoms with Gasteiger partial charge in [0.25, 0.3) is 0 Å². The normalized spacial score (nSPS) is 25.3. The van der Waals surface area contributed by atoms with Gasteiger partial charge in [0, 0.05) is 43.4 Å². The summed E-state index contributed by atoms with van der Waals surface area (Å²) in [6.45, 7) is 4.60. The second-order valence-electron chi connectivity index (χ2n) is 8.64. The van der Waals surface area contributed by atoms with Gasteiger partial charge in [-0.05, 0) is 70.1 Å². The Morgan fingerprint density at radius 1 is 0.862 bits per heavy atom. The highest BCUT2D eigenvalue weighted by molar-refractivity contribution is 5.96. The van der Waals surface area contributed by atoms with Gasteiger partial charge in [-0.3, -0.25) is 24.7 Å². The van der Waals surface area contributed by atoms with E-state index in [1.54, 1.807) is 0 Å². The maximum atomic E-state index is 12.9. The highest BCUT2D eigenvalue weighted by Crippen LogP contribution is 2.37. The molecule has 0 heterocycles. The number of carbonyl (C=O) groups is 3. The first kappa shape index (κ1) is 23.8. The first-order valence-corrected chi connectivity index (χ1v) is 11.7. The Kier molecular flexibility index (Phi) is 10.6. The minimum atomic E-state index is 0.246. The van der Waals surface area contributed by atoms with Crippen LogP contribution in [0.25, 0.3) is 0 Å². The Labute approximate surface area is 176 Å². The number of nitrogens with one attached hydrogen (secondary N) is 1. The predicted molar refractivity (Wildman–Crippen MR) is 114 cm³/mol. The van der Waals surface area contributed by atoms with Crippen molar-refractivity contribution in [3.05, 3.63) is 11.3 Å². The molecule has 0 amide bonds. The maximum Gasteiger partial charge on any atom is 0.160 e. The minimum Gasteiger partial charge on any atom is -0.300 e. The smallest absolute Gasteiger partial charge is 0.160 e. The fraction of sp³-hybridized carbons (Fsp3) is 0.792. The number of ketones is 3. The first-order valence-electron chi connectivity index (χ1n) is 11.7. The third kappa shape index (κ3) is 8.04. The highest BCUT2D eigenvalue weighted by atomic mass is 16.6. The number of rotatable bonds is 6. The van der Waals surface area contributed by atoms with Crippen molar-refractivity contribution in [3.8, 4) is 0 Å². The van der Waals surface area contributed by atoms with Crippen LogP contribution in [0.3, 0.4) is 0 Å². The summed E-state index contributed by atoms with van der Waals surface area (Å²) in [4.78, 5) is 42.3. The summed E-state index contributed by atoms with van der Waals surface area (Å²) < 4.78 is 0. The Morgan fingerprint density at radius 3 is 2.03 bits per heavy atom. The van der Waals surface area contributed by atoms with Crippen LogP contribution in [-0.4, -0.2) is 24.0 Å². The van der Waals surface area contributed by atoms with Crippen LogP contribution in [0.15, 0.2) is 11.3 Å². The molecule has 2 saturated carbocycles. The van der Waals surface area contributed by atoms with Crippen LogP contribution >= 0.6 is 0 Å². The topological polar surface area (TPSA) is 72.5 Å². The molecule has 0 aromatic rings. The Bertz CT molecular complexity index is 574. The molecule has 1 N–H and O–H groups in total. The molecular weight excluding hydrogens is 366 g/mol. The first-order chi connectivity index (χ1) is 14.0. The van der Waals surface area contributed by atoms with Crippen molar-refractivity contribution in [1.82, 2.24) is 5.48 Å². The SMILES string of the molecule is CCCC(NOCC)=C1CCC(C2CCCC(=O)CCCC(=O)CCC2)CC1=O. The van der Waals surface area contributed by atoms with Gasteiger partial charge in [-0.1, -0.05) is 13.3 Å². The number of hydrogen-bond donors (Lipinski definition) is 1. The van der Waals surface area contributed by atoms with Gasteiger partial charge in [0.15, 0.2) is 5.78 Å². The number of hydroxylamine groups is 1. The van der Waals surface area contributed by atoms with E-state index in [9.17, 15) is 14.4 Å². The predicted octanol–water partition coefficient (Wildman–Crippen LogP) is 5.23. The van der Waals surface area contributed by atoms with E-state index in [-0.39, 0.29) is 17.3 Å². The van der Waals surface area contributed by atoms with E-state index >= 15 is 0 Å². The largest absolute Gasteiger partial charge is 0.300 e. The van der Waals surface area contributed by atoms with Crippen LogP contribution in [0.5, 0.6) is 0 Å². The third-order valence-corrected chi connectivity index (χ3v) is 6.39. The second-order valence-corrected chi connectivity index (χ2v) is 8.64. The van der Waals surface area contributed by atoms with Gasteiger partial charge in [0.1, 0.15) is 11.6 Å². The van der Waals surface area contributed by atoms with Crippen molar-refractivity contribution in [2.24, 2.45) is 11.8 Å². The van der Waals surface area contributed by atoms with Crippen molar-refractivity contribution < 1.29 is 19.2 Å². The Balaban J connectivity index is 2.01. The van der Waals surface area contributed by atoms with Gasteiger partial charge < -0.3 is 0 Å². The lowest BCUT2D eigenvalue weighted by molar-refractivity contribution is -0.121. The van der Waals surface area contributed by atoms with Gasteiger partial charge in [0.2, 0.25) is 0 Å². The monoisotopic (exact) mass is 405 g/mol. The number of hydrogen-bond acceptors (Lipinski definition) is 5. The zero-order valence-corrected chi connectivity index (χ0v) is 18.4. The van der Waals surface area contributed by atoms with Crippen molar-refractivity contribution in [1.29, 1.82) is 0 Å². The average molecular weight is 406 g/mol. The summed E-state index contributed by atoms with van der Waals surface area (Å²) in [6.07, 6.45) is 11.1. The molecule has 29 heavy (non-hydrogen) atoms. The molecule has 0 aliphatic heterocycles. The second kappa shape index (κ2) is 12.9. The summed E-state index contributed by atoms with van der Waals surface area (Å²) in [5.74, 6) is 1.63. The van der Waals surface area contributed by atoms with Crippen LogP contribution in [0.2, 0.25) is 0 Å². The van der Waals surface area contributed by atoms with E-state index < -0.39 is 0 Å². The van der Waals surface area contributed by atoms with E-state index in [2.05, 4.69) is 12.4 Å². The van der Waals surface area contributed by atoms with Crippen LogP contribution in [0.1, 0.15) is 104 Å². The molecule has 5 heteroatoms. The fourth-order valence-electron chi connectivity index (χ4n) is 4.80. The summed E-state index contributed by atoms with van der Waals surface area (Å²) in [6, 6.07) is 0. The van der Waals surface area contributed by atoms with Crippen molar-refractivity contribution in [2.45, 2.75) is 104 Å². The van der Waals surface area contributed by atoms with Crippen molar-refractivity contribution >= 4 is 17.3 Å². The number of Topliss-reactive ketones (excluding diaryl/α,β-unsaturated/α-hetero) is 3. The lowest BCUT2D eigenvalue weighted by atomic mass is 9.73. The number of allylic oxidation sites excluding steroid dienone is 2. The van der Waals surface area contributed by atoms with E-state index in [1.165, 1.54) is 0 Å². The molecule has 0 bridgehead atoms.